The van der Waals surface area contributed by atoms with E-state index in [1.807, 2.05) is 6.07 Å². The normalized spacial score (nSPS) is 16.0. The largest absolute Gasteiger partial charge is 0.344 e. The topological polar surface area (TPSA) is 34.0 Å². The molecule has 0 radical (unpaired) electrons. The average Bonchev–Trinajstić information content (AvgIpc) is 2.89. The van der Waals surface area contributed by atoms with Crippen LogP contribution in [0.25, 0.3) is 21.8 Å². The number of para-hydroxylation sites is 1. The Bertz CT molecular complexity index is 872. The molecule has 23 heavy (non-hydrogen) atoms. The summed E-state index contributed by atoms with van der Waals surface area (Å²) >= 11 is 0. The van der Waals surface area contributed by atoms with E-state index in [9.17, 15) is 4.79 Å². The number of hydrogen-bond acceptors (Lipinski definition) is 1. The molecule has 3 nitrogen and oxygen atoms in total. The van der Waals surface area contributed by atoms with Gasteiger partial charge in [0.05, 0.1) is 0 Å². The summed E-state index contributed by atoms with van der Waals surface area (Å²) < 4.78 is 2.21. The Balaban J connectivity index is 1.68. The third kappa shape index (κ3) is 2.50. The van der Waals surface area contributed by atoms with Crippen molar-refractivity contribution in [1.82, 2.24) is 4.57 Å². The third-order valence-corrected chi connectivity index (χ3v) is 5.16. The Hall–Kier alpha value is -2.29. The summed E-state index contributed by atoms with van der Waals surface area (Å²) in [7, 11) is 2.09. The first-order valence-electron chi connectivity index (χ1n) is 8.52. The number of amides is 1. The van der Waals surface area contributed by atoms with Gasteiger partial charge in [-0.05, 0) is 37.1 Å². The fourth-order valence-electron chi connectivity index (χ4n) is 3.85. The number of nitrogens with one attached hydrogen (secondary N) is 1. The van der Waals surface area contributed by atoms with Crippen LogP contribution in [0.3, 0.4) is 0 Å². The highest BCUT2D eigenvalue weighted by molar-refractivity contribution is 6.09. The molecule has 2 aromatic carbocycles. The van der Waals surface area contributed by atoms with Crippen LogP contribution in [0, 0.1) is 5.92 Å². The Morgan fingerprint density at radius 1 is 1.00 bits per heavy atom. The first-order chi connectivity index (χ1) is 11.2. The molecule has 3 heteroatoms. The first kappa shape index (κ1) is 14.3. The molecule has 4 rings (SSSR count). The second-order valence-electron chi connectivity index (χ2n) is 6.63. The van der Waals surface area contributed by atoms with Crippen molar-refractivity contribution in [2.45, 2.75) is 32.1 Å². The van der Waals surface area contributed by atoms with Gasteiger partial charge in [0, 0.05) is 40.5 Å². The standard InChI is InChI=1S/C20H22N2O/c1-22-18-10-6-5-9-16(18)17-13-15(11-12-19(17)22)21-20(23)14-7-3-2-4-8-14/h5-6,9-14H,2-4,7-8H2,1H3,(H,21,23). The van der Waals surface area contributed by atoms with Gasteiger partial charge in [-0.25, -0.2) is 0 Å². The SMILES string of the molecule is Cn1c2ccccc2c2cc(NC(=O)C3CCCCC3)ccc21. The van der Waals surface area contributed by atoms with Crippen molar-refractivity contribution in [3.63, 3.8) is 0 Å². The van der Waals surface area contributed by atoms with Gasteiger partial charge >= 0.3 is 0 Å². The van der Waals surface area contributed by atoms with Crippen LogP contribution in [-0.2, 0) is 11.8 Å². The molecule has 0 bridgehead atoms. The van der Waals surface area contributed by atoms with Crippen molar-refractivity contribution >= 4 is 33.4 Å². The summed E-state index contributed by atoms with van der Waals surface area (Å²) in [6.07, 6.45) is 5.69. The van der Waals surface area contributed by atoms with Gasteiger partial charge < -0.3 is 9.88 Å². The number of benzene rings is 2. The minimum absolute atomic E-state index is 0.185. The fourth-order valence-corrected chi connectivity index (χ4v) is 3.85. The molecular formula is C20H22N2O. The first-order valence-corrected chi connectivity index (χ1v) is 8.52. The summed E-state index contributed by atoms with van der Waals surface area (Å²) in [4.78, 5) is 12.5. The van der Waals surface area contributed by atoms with Crippen LogP contribution in [0.1, 0.15) is 32.1 Å². The number of aryl methyl sites for hydroxylation is 1. The van der Waals surface area contributed by atoms with E-state index in [0.717, 1.165) is 18.5 Å². The summed E-state index contributed by atoms with van der Waals surface area (Å²) in [5, 5.41) is 5.56. The van der Waals surface area contributed by atoms with Crippen LogP contribution < -0.4 is 5.32 Å². The molecule has 3 aromatic rings. The van der Waals surface area contributed by atoms with E-state index in [0.29, 0.717) is 0 Å². The van der Waals surface area contributed by atoms with Crippen molar-refractivity contribution in [3.05, 3.63) is 42.5 Å². The number of carbonyl (C=O) groups is 1. The second-order valence-corrected chi connectivity index (χ2v) is 6.63. The summed E-state index contributed by atoms with van der Waals surface area (Å²) in [5.41, 5.74) is 3.32. The molecule has 0 saturated heterocycles. The molecule has 0 atom stereocenters. The van der Waals surface area contributed by atoms with Crippen LogP contribution in [-0.4, -0.2) is 10.5 Å². The molecule has 1 aliphatic carbocycles. The highest BCUT2D eigenvalue weighted by Gasteiger charge is 2.21. The predicted molar refractivity (Wildman–Crippen MR) is 95.6 cm³/mol. The second kappa shape index (κ2) is 5.73. The van der Waals surface area contributed by atoms with E-state index >= 15 is 0 Å². The van der Waals surface area contributed by atoms with Crippen LogP contribution in [0.4, 0.5) is 5.69 Å². The van der Waals surface area contributed by atoms with Crippen molar-refractivity contribution < 1.29 is 4.79 Å². The number of anilines is 1. The van der Waals surface area contributed by atoms with Gasteiger partial charge in [0.1, 0.15) is 0 Å². The van der Waals surface area contributed by atoms with Gasteiger partial charge in [-0.15, -0.1) is 0 Å². The lowest BCUT2D eigenvalue weighted by molar-refractivity contribution is -0.120. The molecule has 0 spiro atoms. The Morgan fingerprint density at radius 2 is 1.74 bits per heavy atom. The number of nitrogens with zero attached hydrogens (tertiary/aromatic N) is 1. The van der Waals surface area contributed by atoms with Crippen LogP contribution in [0.15, 0.2) is 42.5 Å². The average molecular weight is 306 g/mol. The molecule has 1 aromatic heterocycles. The molecule has 1 N–H and O–H groups in total. The summed E-state index contributed by atoms with van der Waals surface area (Å²) in [6, 6.07) is 14.6. The van der Waals surface area contributed by atoms with E-state index in [-0.39, 0.29) is 11.8 Å². The zero-order chi connectivity index (χ0) is 15.8. The van der Waals surface area contributed by atoms with E-state index in [2.05, 4.69) is 53.3 Å². The maximum absolute atomic E-state index is 12.5. The fraction of sp³-hybridized carbons (Fsp3) is 0.350. The molecule has 1 heterocycles. The minimum Gasteiger partial charge on any atom is -0.344 e. The van der Waals surface area contributed by atoms with Gasteiger partial charge in [0.25, 0.3) is 0 Å². The minimum atomic E-state index is 0.185. The van der Waals surface area contributed by atoms with E-state index in [4.69, 9.17) is 0 Å². The summed E-state index contributed by atoms with van der Waals surface area (Å²) in [5.74, 6) is 0.372. The van der Waals surface area contributed by atoms with Crippen molar-refractivity contribution in [2.75, 3.05) is 5.32 Å². The molecule has 1 saturated carbocycles. The van der Waals surface area contributed by atoms with Crippen molar-refractivity contribution in [2.24, 2.45) is 13.0 Å². The lowest BCUT2D eigenvalue weighted by Crippen LogP contribution is -2.24. The molecule has 1 amide bonds. The maximum atomic E-state index is 12.5. The Kier molecular flexibility index (Phi) is 3.56. The molecule has 1 fully saturated rings. The zero-order valence-electron chi connectivity index (χ0n) is 13.5. The monoisotopic (exact) mass is 306 g/mol. The van der Waals surface area contributed by atoms with Gasteiger partial charge in [0.2, 0.25) is 5.91 Å². The zero-order valence-corrected chi connectivity index (χ0v) is 13.5. The highest BCUT2D eigenvalue weighted by atomic mass is 16.1. The quantitative estimate of drug-likeness (QED) is 0.721. The number of aromatic nitrogens is 1. The van der Waals surface area contributed by atoms with Crippen LogP contribution >= 0.6 is 0 Å². The van der Waals surface area contributed by atoms with Gasteiger partial charge in [-0.1, -0.05) is 37.5 Å². The van der Waals surface area contributed by atoms with E-state index in [1.54, 1.807) is 0 Å². The lowest BCUT2D eigenvalue weighted by Gasteiger charge is -2.20. The van der Waals surface area contributed by atoms with Gasteiger partial charge in [-0.3, -0.25) is 4.79 Å². The number of carbonyl (C=O) groups excluding carboxylic acids is 1. The van der Waals surface area contributed by atoms with Gasteiger partial charge in [-0.2, -0.15) is 0 Å². The van der Waals surface area contributed by atoms with Gasteiger partial charge in [0.15, 0.2) is 0 Å². The molecule has 0 unspecified atom stereocenters. The number of fused-ring (bicyclic) bond motifs is 3. The van der Waals surface area contributed by atoms with Crippen LogP contribution in [0.2, 0.25) is 0 Å². The lowest BCUT2D eigenvalue weighted by atomic mass is 9.88. The predicted octanol–water partition coefficient (Wildman–Crippen LogP) is 4.85. The Morgan fingerprint density at radius 3 is 2.57 bits per heavy atom. The van der Waals surface area contributed by atoms with E-state index in [1.165, 1.54) is 41.1 Å². The van der Waals surface area contributed by atoms with E-state index < -0.39 is 0 Å². The molecule has 1 aliphatic rings. The van der Waals surface area contributed by atoms with Crippen LogP contribution in [0.5, 0.6) is 0 Å². The molecule has 118 valence electrons. The molecule has 0 aliphatic heterocycles. The smallest absolute Gasteiger partial charge is 0.227 e. The van der Waals surface area contributed by atoms with Crippen molar-refractivity contribution in [3.8, 4) is 0 Å². The maximum Gasteiger partial charge on any atom is 0.227 e. The molecular weight excluding hydrogens is 284 g/mol. The summed E-state index contributed by atoms with van der Waals surface area (Å²) in [6.45, 7) is 0. The Labute approximate surface area is 136 Å². The van der Waals surface area contributed by atoms with Crippen molar-refractivity contribution in [1.29, 1.82) is 0 Å². The number of rotatable bonds is 2. The highest BCUT2D eigenvalue weighted by Crippen LogP contribution is 2.31. The number of hydrogen-bond donors (Lipinski definition) is 1. The third-order valence-electron chi connectivity index (χ3n) is 5.16.